The van der Waals surface area contributed by atoms with Crippen LogP contribution in [0.3, 0.4) is 0 Å². The van der Waals surface area contributed by atoms with Crippen LogP contribution in [0.5, 0.6) is 0 Å². The zero-order valence-corrected chi connectivity index (χ0v) is 67.0. The molecule has 0 saturated carbocycles. The van der Waals surface area contributed by atoms with Gasteiger partial charge in [0.1, 0.15) is 11.2 Å². The van der Waals surface area contributed by atoms with Gasteiger partial charge < -0.3 is 4.42 Å². The fourth-order valence-electron chi connectivity index (χ4n) is 20.1. The Morgan fingerprint density at radius 3 is 1.15 bits per heavy atom. The molecule has 558 valence electrons. The fourth-order valence-corrected chi connectivity index (χ4v) is 23.6. The van der Waals surface area contributed by atoms with Crippen molar-refractivity contribution in [3.8, 4) is 135 Å². The molecule has 0 saturated heterocycles. The van der Waals surface area contributed by atoms with Gasteiger partial charge in [-0.3, -0.25) is 0 Å². The summed E-state index contributed by atoms with van der Waals surface area (Å²) in [6.07, 6.45) is 0. The number of furan rings is 1. The first-order chi connectivity index (χ1) is 59.4. The van der Waals surface area contributed by atoms with E-state index in [1.807, 2.05) is 47.0 Å². The number of para-hydroxylation sites is 2. The monoisotopic (exact) mass is 1580 g/mol. The summed E-state index contributed by atoms with van der Waals surface area (Å²) in [4.78, 5) is 27.2. The van der Waals surface area contributed by atoms with Crippen LogP contribution in [0.1, 0.15) is 44.5 Å². The van der Waals surface area contributed by atoms with Crippen molar-refractivity contribution in [1.29, 1.82) is 0 Å². The number of thiophene rings is 1. The van der Waals surface area contributed by atoms with Gasteiger partial charge in [0.05, 0.1) is 33.6 Å². The molecule has 5 nitrogen and oxygen atoms in total. The highest BCUT2D eigenvalue weighted by molar-refractivity contribution is 7.99. The van der Waals surface area contributed by atoms with Gasteiger partial charge in [0.2, 0.25) is 0 Å². The van der Waals surface area contributed by atoms with Gasteiger partial charge >= 0.3 is 0 Å². The van der Waals surface area contributed by atoms with E-state index in [1.165, 1.54) is 118 Å². The van der Waals surface area contributed by atoms with Crippen LogP contribution in [-0.4, -0.2) is 19.9 Å². The minimum atomic E-state index is -0.669. The summed E-state index contributed by atoms with van der Waals surface area (Å²) in [5.74, 6) is 1.33. The van der Waals surface area contributed by atoms with Gasteiger partial charge in [0.25, 0.3) is 0 Å². The third-order valence-corrected chi connectivity index (χ3v) is 28.8. The molecule has 2 aliphatic heterocycles. The maximum Gasteiger partial charge on any atom is 0.161 e. The fraction of sp³-hybridized carbons (Fsp3) is 0.0179. The van der Waals surface area contributed by atoms with Crippen LogP contribution in [0, 0.1) is 0 Å². The lowest BCUT2D eigenvalue weighted by Gasteiger charge is -2.40. The van der Waals surface area contributed by atoms with E-state index in [0.29, 0.717) is 11.6 Å². The van der Waals surface area contributed by atoms with Crippen molar-refractivity contribution in [2.24, 2.45) is 0 Å². The number of hydrogen-bond donors (Lipinski definition) is 0. The number of benzene rings is 17. The average Bonchev–Trinajstić information content (AvgIpc) is 1.51. The highest BCUT2D eigenvalue weighted by atomic mass is 32.2. The molecule has 1 unspecified atom stereocenters. The van der Waals surface area contributed by atoms with Crippen LogP contribution in [0.4, 0.5) is 0 Å². The van der Waals surface area contributed by atoms with E-state index in [-0.39, 0.29) is 0 Å². The third kappa shape index (κ3) is 10.4. The molecule has 17 aromatic carbocycles. The summed E-state index contributed by atoms with van der Waals surface area (Å²) in [6.45, 7) is 0. The van der Waals surface area contributed by atoms with Gasteiger partial charge in [-0.2, -0.15) is 0 Å². The first-order valence-electron chi connectivity index (χ1n) is 40.8. The van der Waals surface area contributed by atoms with E-state index in [0.717, 1.165) is 111 Å². The van der Waals surface area contributed by atoms with Crippen molar-refractivity contribution in [3.63, 3.8) is 0 Å². The molecular weight excluding hydrogens is 1510 g/mol. The SMILES string of the molecule is c1ccc(-c2cc(-c3ccc4c(c3)sc3cc(-c5cccc6c5-c5ccccc5C65c6ccccc6Sc6ccc(-c7ccccc7-c7nc(-c8ccccc8)cc(-c8ccc(-c9cccc%10c9oc9ccccc9%10)cc8)n7)cc65)ccc34)nc(-c3ccccc3-c3ccc4c(c3)C3(c5ccccc5S4)c4ccccc4-c4ccccc43)n2)cc1. The summed E-state index contributed by atoms with van der Waals surface area (Å²) < 4.78 is 8.94. The Hall–Kier alpha value is -14.4. The summed E-state index contributed by atoms with van der Waals surface area (Å²) in [6, 6.07) is 147. The van der Waals surface area contributed by atoms with Gasteiger partial charge in [-0.15, -0.1) is 11.3 Å². The zero-order valence-electron chi connectivity index (χ0n) is 64.5. The maximum atomic E-state index is 6.52. The van der Waals surface area contributed by atoms with Crippen molar-refractivity contribution in [2.45, 2.75) is 30.4 Å². The van der Waals surface area contributed by atoms with E-state index in [1.54, 1.807) is 0 Å². The van der Waals surface area contributed by atoms with E-state index in [9.17, 15) is 0 Å². The molecule has 0 fully saturated rings. The quantitative estimate of drug-likeness (QED) is 0.135. The molecule has 0 radical (unpaired) electrons. The van der Waals surface area contributed by atoms with Crippen molar-refractivity contribution in [3.05, 3.63) is 445 Å². The summed E-state index contributed by atoms with van der Waals surface area (Å²) >= 11 is 5.58. The van der Waals surface area contributed by atoms with Crippen molar-refractivity contribution >= 4 is 77.0 Å². The van der Waals surface area contributed by atoms with E-state index in [2.05, 4.69) is 388 Å². The van der Waals surface area contributed by atoms with Crippen LogP contribution in [-0.2, 0) is 10.8 Å². The van der Waals surface area contributed by atoms with Gasteiger partial charge in [0, 0.05) is 89.5 Å². The minimum absolute atomic E-state index is 0.510. The molecule has 25 rings (SSSR count). The number of rotatable bonds is 10. The maximum absolute atomic E-state index is 6.52. The molecule has 120 heavy (non-hydrogen) atoms. The molecule has 21 aromatic rings. The van der Waals surface area contributed by atoms with Gasteiger partial charge in [-0.05, 0) is 172 Å². The van der Waals surface area contributed by atoms with E-state index >= 15 is 0 Å². The molecule has 1 atom stereocenters. The topological polar surface area (TPSA) is 64.7 Å². The van der Waals surface area contributed by atoms with Crippen molar-refractivity contribution in [2.75, 3.05) is 0 Å². The normalized spacial score (nSPS) is 14.2. The lowest BCUT2D eigenvalue weighted by Crippen LogP contribution is -2.32. The number of hydrogen-bond acceptors (Lipinski definition) is 8. The molecular formula is C112H66N4OS3. The predicted molar refractivity (Wildman–Crippen MR) is 495 cm³/mol. The standard InChI is InChI=1S/C112H66N4OS3/c1-3-25-68(26-4-1)96-65-98(70-51-49-67(50-52-70)78-38-23-39-84-81-33-14-20-46-100(81)117-108(78)84)115-109(113-96)85-34-9-7-30-76(85)72-56-60-104-95(62-72)112(92-44-19-22-48-102(92)119-104)90-42-17-13-36-87(90)107-77(37-24-45-93(107)112)73-53-57-82-83-58-54-74(64-106(83)120-105(82)63-73)99-66-97(69-27-5-2-6-28-69)114-110(116-99)86-35-10-8-29-75(86)71-55-59-103-94(61-71)111(91-43-18-21-47-101(91)118-103)88-40-15-11-31-79(88)80-32-12-16-41-89(80)111/h1-66H. The largest absolute Gasteiger partial charge is 0.455 e. The molecule has 4 aliphatic rings. The summed E-state index contributed by atoms with van der Waals surface area (Å²) in [5.41, 5.74) is 34.3. The smallest absolute Gasteiger partial charge is 0.161 e. The van der Waals surface area contributed by atoms with Gasteiger partial charge in [-0.25, -0.2) is 19.9 Å². The molecule has 8 heteroatoms. The van der Waals surface area contributed by atoms with Crippen LogP contribution >= 0.6 is 34.9 Å². The Morgan fingerprint density at radius 2 is 0.575 bits per heavy atom. The number of aromatic nitrogens is 4. The molecule has 2 spiro atoms. The van der Waals surface area contributed by atoms with Crippen LogP contribution in [0.25, 0.3) is 177 Å². The second-order valence-electron chi connectivity index (χ2n) is 31.6. The van der Waals surface area contributed by atoms with Crippen LogP contribution in [0.2, 0.25) is 0 Å². The summed E-state index contributed by atoms with van der Waals surface area (Å²) in [5, 5.41) is 4.67. The van der Waals surface area contributed by atoms with Crippen molar-refractivity contribution in [1.82, 2.24) is 19.9 Å². The Kier molecular flexibility index (Phi) is 15.5. The Labute approximate surface area is 705 Å². The van der Waals surface area contributed by atoms with E-state index < -0.39 is 10.8 Å². The lowest BCUT2D eigenvalue weighted by molar-refractivity contribution is 0.670. The molecule has 0 N–H and O–H groups in total. The predicted octanol–water partition coefficient (Wildman–Crippen LogP) is 29.9. The minimum Gasteiger partial charge on any atom is -0.455 e. The van der Waals surface area contributed by atoms with Crippen LogP contribution in [0.15, 0.2) is 424 Å². The first-order valence-corrected chi connectivity index (χ1v) is 43.2. The lowest BCUT2D eigenvalue weighted by atomic mass is 9.67. The second-order valence-corrected chi connectivity index (χ2v) is 34.9. The Morgan fingerprint density at radius 1 is 0.208 bits per heavy atom. The number of fused-ring (bicyclic) bond motifs is 24. The highest BCUT2D eigenvalue weighted by Gasteiger charge is 2.52. The van der Waals surface area contributed by atoms with Gasteiger partial charge in [0.15, 0.2) is 11.6 Å². The molecule has 0 bridgehead atoms. The van der Waals surface area contributed by atoms with Crippen LogP contribution < -0.4 is 0 Å². The second kappa shape index (κ2) is 27.1. The Bertz CT molecular complexity index is 7830. The molecule has 6 heterocycles. The van der Waals surface area contributed by atoms with E-state index in [4.69, 9.17) is 24.4 Å². The third-order valence-electron chi connectivity index (χ3n) is 25.3. The molecule has 2 aliphatic carbocycles. The average molecular weight is 1580 g/mol. The number of nitrogens with zero attached hydrogens (tertiary/aromatic N) is 4. The molecule has 0 amide bonds. The first kappa shape index (κ1) is 68.8. The van der Waals surface area contributed by atoms with Gasteiger partial charge in [-0.1, -0.05) is 357 Å². The summed E-state index contributed by atoms with van der Waals surface area (Å²) in [7, 11) is 0. The zero-order chi connectivity index (χ0) is 78.7. The molecule has 4 aromatic heterocycles. The van der Waals surface area contributed by atoms with Crippen molar-refractivity contribution < 1.29 is 4.42 Å². The Balaban J connectivity index is 0.585. The highest BCUT2D eigenvalue weighted by Crippen LogP contribution is 2.66.